The van der Waals surface area contributed by atoms with Crippen LogP contribution in [0.1, 0.15) is 48.5 Å². The normalized spacial score (nSPS) is 18.3. The topological polar surface area (TPSA) is 40.5 Å². The molecule has 0 radical (unpaired) electrons. The molecular formula is C17H21NO2. The number of benzene rings is 1. The lowest BCUT2D eigenvalue weighted by molar-refractivity contribution is 0.0608. The first-order chi connectivity index (χ1) is 9.77. The zero-order valence-corrected chi connectivity index (χ0v) is 11.9. The highest BCUT2D eigenvalue weighted by molar-refractivity contribution is 5.97. The number of aliphatic hydroxyl groups excluding tert-OH is 1. The van der Waals surface area contributed by atoms with Crippen molar-refractivity contribution < 1.29 is 9.90 Å². The van der Waals surface area contributed by atoms with Crippen molar-refractivity contribution in [3.63, 3.8) is 0 Å². The van der Waals surface area contributed by atoms with E-state index in [0.29, 0.717) is 17.2 Å². The minimum atomic E-state index is -0.191. The monoisotopic (exact) mass is 271 g/mol. The largest absolute Gasteiger partial charge is 0.384 e. The van der Waals surface area contributed by atoms with Crippen LogP contribution in [0.2, 0.25) is 0 Å². The van der Waals surface area contributed by atoms with Crippen molar-refractivity contribution in [2.24, 2.45) is 0 Å². The third-order valence-electron chi connectivity index (χ3n) is 3.82. The first kappa shape index (κ1) is 14.6. The number of likely N-dealkylation sites (tertiary alicyclic amines) is 1. The Labute approximate surface area is 120 Å². The average Bonchev–Trinajstić information content (AvgIpc) is 2.52. The Morgan fingerprint density at radius 2 is 2.20 bits per heavy atom. The van der Waals surface area contributed by atoms with Crippen molar-refractivity contribution in [2.75, 3.05) is 13.2 Å². The fraction of sp³-hybridized carbons (Fsp3) is 0.471. The van der Waals surface area contributed by atoms with Crippen LogP contribution < -0.4 is 0 Å². The van der Waals surface area contributed by atoms with Crippen LogP contribution in [0.3, 0.4) is 0 Å². The quantitative estimate of drug-likeness (QED) is 0.839. The number of piperidine rings is 1. The van der Waals surface area contributed by atoms with E-state index in [1.807, 2.05) is 29.2 Å². The molecule has 1 aliphatic rings. The zero-order chi connectivity index (χ0) is 14.4. The van der Waals surface area contributed by atoms with Gasteiger partial charge in [0.25, 0.3) is 5.91 Å². The summed E-state index contributed by atoms with van der Waals surface area (Å²) in [4.78, 5) is 14.7. The number of carbonyl (C=O) groups excluding carboxylic acids is 1. The third-order valence-corrected chi connectivity index (χ3v) is 3.82. The summed E-state index contributed by atoms with van der Waals surface area (Å²) < 4.78 is 0. The van der Waals surface area contributed by atoms with Gasteiger partial charge in [0.05, 0.1) is 5.56 Å². The lowest BCUT2D eigenvalue weighted by atomic mass is 9.97. The molecule has 1 atom stereocenters. The number of hydrogen-bond donors (Lipinski definition) is 1. The van der Waals surface area contributed by atoms with Crippen molar-refractivity contribution in [1.29, 1.82) is 0 Å². The molecule has 0 aliphatic carbocycles. The van der Waals surface area contributed by atoms with Crippen molar-refractivity contribution in [3.8, 4) is 11.8 Å². The SMILES string of the molecule is CCC1CCCCN1C(=O)c1ccccc1C#CCO. The molecule has 1 N–H and O–H groups in total. The maximum absolute atomic E-state index is 12.7. The standard InChI is InChI=1S/C17H21NO2/c1-2-15-10-5-6-12-18(15)17(20)16-11-4-3-8-14(16)9-7-13-19/h3-4,8,11,15,19H,2,5-6,10,12-13H2,1H3. The van der Waals surface area contributed by atoms with Crippen molar-refractivity contribution >= 4 is 5.91 Å². The molecule has 0 spiro atoms. The number of amides is 1. The molecule has 1 unspecified atom stereocenters. The number of rotatable bonds is 2. The molecule has 1 saturated heterocycles. The van der Waals surface area contributed by atoms with Crippen LogP contribution in [-0.4, -0.2) is 35.1 Å². The van der Waals surface area contributed by atoms with Gasteiger partial charge in [0.2, 0.25) is 0 Å². The van der Waals surface area contributed by atoms with Crippen LogP contribution in [0.15, 0.2) is 24.3 Å². The second-order valence-corrected chi connectivity index (χ2v) is 5.06. The number of nitrogens with zero attached hydrogens (tertiary/aromatic N) is 1. The van der Waals surface area contributed by atoms with Gasteiger partial charge >= 0.3 is 0 Å². The van der Waals surface area contributed by atoms with Crippen molar-refractivity contribution in [1.82, 2.24) is 4.90 Å². The van der Waals surface area contributed by atoms with Gasteiger partial charge < -0.3 is 10.0 Å². The summed E-state index contributed by atoms with van der Waals surface area (Å²) >= 11 is 0. The molecule has 3 heteroatoms. The van der Waals surface area contributed by atoms with E-state index < -0.39 is 0 Å². The molecule has 1 heterocycles. The molecule has 1 fully saturated rings. The van der Waals surface area contributed by atoms with Gasteiger partial charge in [-0.2, -0.15) is 0 Å². The van der Waals surface area contributed by atoms with Gasteiger partial charge in [-0.25, -0.2) is 0 Å². The minimum absolute atomic E-state index is 0.0689. The summed E-state index contributed by atoms with van der Waals surface area (Å²) in [5, 5.41) is 8.82. The summed E-state index contributed by atoms with van der Waals surface area (Å²) in [6.07, 6.45) is 4.37. The number of carbonyl (C=O) groups is 1. The van der Waals surface area contributed by atoms with Crippen LogP contribution in [0.4, 0.5) is 0 Å². The number of hydrogen-bond acceptors (Lipinski definition) is 2. The molecular weight excluding hydrogens is 250 g/mol. The summed E-state index contributed by atoms with van der Waals surface area (Å²) in [5.41, 5.74) is 1.35. The second kappa shape index (κ2) is 7.12. The molecule has 0 saturated carbocycles. The molecule has 20 heavy (non-hydrogen) atoms. The molecule has 1 aromatic carbocycles. The van der Waals surface area contributed by atoms with E-state index in [9.17, 15) is 4.79 Å². The highest BCUT2D eigenvalue weighted by atomic mass is 16.2. The smallest absolute Gasteiger partial charge is 0.255 e. The fourth-order valence-electron chi connectivity index (χ4n) is 2.76. The molecule has 1 aromatic rings. The Bertz CT molecular complexity index is 527. The van der Waals surface area contributed by atoms with E-state index in [4.69, 9.17) is 5.11 Å². The van der Waals surface area contributed by atoms with E-state index in [1.54, 1.807) is 0 Å². The van der Waals surface area contributed by atoms with Crippen LogP contribution in [0.25, 0.3) is 0 Å². The zero-order valence-electron chi connectivity index (χ0n) is 11.9. The fourth-order valence-corrected chi connectivity index (χ4v) is 2.76. The van der Waals surface area contributed by atoms with E-state index in [-0.39, 0.29) is 12.5 Å². The van der Waals surface area contributed by atoms with Gasteiger partial charge in [-0.15, -0.1) is 0 Å². The van der Waals surface area contributed by atoms with Crippen molar-refractivity contribution in [2.45, 2.75) is 38.6 Å². The predicted octanol–water partition coefficient (Wildman–Crippen LogP) is 2.44. The molecule has 106 valence electrons. The maximum atomic E-state index is 12.7. The first-order valence-corrected chi connectivity index (χ1v) is 7.27. The van der Waals surface area contributed by atoms with Gasteiger partial charge in [0, 0.05) is 18.2 Å². The van der Waals surface area contributed by atoms with E-state index in [0.717, 1.165) is 25.8 Å². The minimum Gasteiger partial charge on any atom is -0.384 e. The van der Waals surface area contributed by atoms with Gasteiger partial charge in [0.15, 0.2) is 0 Å². The lowest BCUT2D eigenvalue weighted by Crippen LogP contribution is -2.43. The van der Waals surface area contributed by atoms with E-state index in [2.05, 4.69) is 18.8 Å². The Hall–Kier alpha value is -1.79. The molecule has 0 aromatic heterocycles. The molecule has 3 nitrogen and oxygen atoms in total. The Morgan fingerprint density at radius 3 is 2.95 bits per heavy atom. The first-order valence-electron chi connectivity index (χ1n) is 7.27. The molecule has 0 bridgehead atoms. The third kappa shape index (κ3) is 3.20. The van der Waals surface area contributed by atoms with Gasteiger partial charge in [-0.1, -0.05) is 30.9 Å². The van der Waals surface area contributed by atoms with Gasteiger partial charge in [-0.05, 0) is 37.8 Å². The second-order valence-electron chi connectivity index (χ2n) is 5.06. The Balaban J connectivity index is 2.28. The summed E-state index contributed by atoms with van der Waals surface area (Å²) in [6.45, 7) is 2.77. The van der Waals surface area contributed by atoms with Crippen LogP contribution in [0, 0.1) is 11.8 Å². The Morgan fingerprint density at radius 1 is 1.40 bits per heavy atom. The maximum Gasteiger partial charge on any atom is 0.255 e. The van der Waals surface area contributed by atoms with Gasteiger partial charge in [0.1, 0.15) is 6.61 Å². The number of aliphatic hydroxyl groups is 1. The molecule has 2 rings (SSSR count). The van der Waals surface area contributed by atoms with Crippen LogP contribution in [-0.2, 0) is 0 Å². The average molecular weight is 271 g/mol. The molecule has 1 amide bonds. The molecule has 1 aliphatic heterocycles. The predicted molar refractivity (Wildman–Crippen MR) is 79.4 cm³/mol. The van der Waals surface area contributed by atoms with Crippen LogP contribution in [0.5, 0.6) is 0 Å². The highest BCUT2D eigenvalue weighted by Crippen LogP contribution is 2.22. The summed E-state index contributed by atoms with van der Waals surface area (Å²) in [6, 6.07) is 7.73. The van der Waals surface area contributed by atoms with E-state index in [1.165, 1.54) is 6.42 Å². The summed E-state index contributed by atoms with van der Waals surface area (Å²) in [7, 11) is 0. The Kier molecular flexibility index (Phi) is 5.20. The lowest BCUT2D eigenvalue weighted by Gasteiger charge is -2.35. The summed E-state index contributed by atoms with van der Waals surface area (Å²) in [5.74, 6) is 5.56. The highest BCUT2D eigenvalue weighted by Gasteiger charge is 2.27. The van der Waals surface area contributed by atoms with Crippen molar-refractivity contribution in [3.05, 3.63) is 35.4 Å². The van der Waals surface area contributed by atoms with Crippen LogP contribution >= 0.6 is 0 Å². The van der Waals surface area contributed by atoms with Gasteiger partial charge in [-0.3, -0.25) is 4.79 Å². The van der Waals surface area contributed by atoms with E-state index >= 15 is 0 Å².